The van der Waals surface area contributed by atoms with Crippen molar-refractivity contribution in [2.24, 2.45) is 5.73 Å². The Morgan fingerprint density at radius 2 is 2.24 bits per heavy atom. The van der Waals surface area contributed by atoms with Gasteiger partial charge in [-0.15, -0.1) is 0 Å². The first-order chi connectivity index (χ1) is 8.13. The molecular formula is C13H18ClN3. The molecule has 1 aromatic rings. The Bertz CT molecular complexity index is 412. The minimum atomic E-state index is 0.243. The van der Waals surface area contributed by atoms with Crippen LogP contribution in [0, 0.1) is 11.3 Å². The number of hydrogen-bond acceptors (Lipinski definition) is 3. The van der Waals surface area contributed by atoms with Gasteiger partial charge in [0.2, 0.25) is 0 Å². The Labute approximate surface area is 108 Å². The lowest BCUT2D eigenvalue weighted by Crippen LogP contribution is -2.31. The minimum absolute atomic E-state index is 0.243. The van der Waals surface area contributed by atoms with E-state index in [1.54, 1.807) is 6.07 Å². The smallest absolute Gasteiger partial charge is 0.101 e. The van der Waals surface area contributed by atoms with Gasteiger partial charge in [-0.05, 0) is 31.2 Å². The van der Waals surface area contributed by atoms with Crippen LogP contribution in [-0.4, -0.2) is 24.5 Å². The van der Waals surface area contributed by atoms with Crippen molar-refractivity contribution in [3.63, 3.8) is 0 Å². The van der Waals surface area contributed by atoms with Gasteiger partial charge in [0.25, 0.3) is 0 Å². The number of benzene rings is 1. The Kier molecular flexibility index (Phi) is 5.43. The van der Waals surface area contributed by atoms with Crippen LogP contribution in [0.4, 0.5) is 0 Å². The Morgan fingerprint density at radius 1 is 1.53 bits per heavy atom. The van der Waals surface area contributed by atoms with Crippen molar-refractivity contribution < 1.29 is 0 Å². The molecule has 0 radical (unpaired) electrons. The second kappa shape index (κ2) is 6.61. The fourth-order valence-corrected chi connectivity index (χ4v) is 2.05. The maximum absolute atomic E-state index is 8.96. The predicted molar refractivity (Wildman–Crippen MR) is 70.9 cm³/mol. The summed E-state index contributed by atoms with van der Waals surface area (Å²) in [5, 5.41) is 9.46. The van der Waals surface area contributed by atoms with E-state index in [1.165, 1.54) is 0 Å². The molecule has 0 aliphatic heterocycles. The third kappa shape index (κ3) is 3.44. The van der Waals surface area contributed by atoms with Crippen molar-refractivity contribution in [1.29, 1.82) is 5.26 Å². The molecule has 1 atom stereocenters. The Balaban J connectivity index is 2.95. The molecule has 2 N–H and O–H groups in total. The van der Waals surface area contributed by atoms with Crippen molar-refractivity contribution in [1.82, 2.24) is 4.90 Å². The largest absolute Gasteiger partial charge is 0.329 e. The van der Waals surface area contributed by atoms with Crippen LogP contribution in [0.15, 0.2) is 18.2 Å². The van der Waals surface area contributed by atoms with Gasteiger partial charge in [-0.2, -0.15) is 5.26 Å². The highest BCUT2D eigenvalue weighted by atomic mass is 35.5. The first-order valence-electron chi connectivity index (χ1n) is 5.77. The van der Waals surface area contributed by atoms with Crippen LogP contribution >= 0.6 is 11.6 Å². The van der Waals surface area contributed by atoms with Crippen LogP contribution in [0.3, 0.4) is 0 Å². The Hall–Kier alpha value is -1.08. The average Bonchev–Trinajstić information content (AvgIpc) is 2.35. The zero-order valence-electron chi connectivity index (χ0n) is 10.3. The third-order valence-electron chi connectivity index (χ3n) is 2.96. The molecule has 1 rings (SSSR count). The van der Waals surface area contributed by atoms with Gasteiger partial charge < -0.3 is 5.73 Å². The molecule has 0 aromatic heterocycles. The van der Waals surface area contributed by atoms with E-state index in [0.29, 0.717) is 17.1 Å². The zero-order chi connectivity index (χ0) is 12.8. The fraction of sp³-hybridized carbons (Fsp3) is 0.462. The van der Waals surface area contributed by atoms with E-state index in [1.807, 2.05) is 12.1 Å². The SMILES string of the molecule is CCN(CCN)C(C)c1ccc(Cl)c(C#N)c1. The number of rotatable bonds is 5. The third-order valence-corrected chi connectivity index (χ3v) is 3.29. The van der Waals surface area contributed by atoms with Gasteiger partial charge >= 0.3 is 0 Å². The number of likely N-dealkylation sites (N-methyl/N-ethyl adjacent to an activating group) is 1. The Morgan fingerprint density at radius 3 is 2.76 bits per heavy atom. The van der Waals surface area contributed by atoms with E-state index in [0.717, 1.165) is 18.7 Å². The summed E-state index contributed by atoms with van der Waals surface area (Å²) in [4.78, 5) is 2.27. The van der Waals surface area contributed by atoms with E-state index in [4.69, 9.17) is 22.6 Å². The monoisotopic (exact) mass is 251 g/mol. The molecule has 0 saturated carbocycles. The topological polar surface area (TPSA) is 53.0 Å². The quantitative estimate of drug-likeness (QED) is 0.875. The molecule has 0 fully saturated rings. The lowest BCUT2D eigenvalue weighted by atomic mass is 10.0. The lowest BCUT2D eigenvalue weighted by molar-refractivity contribution is 0.228. The number of halogens is 1. The normalized spacial score (nSPS) is 12.5. The summed E-state index contributed by atoms with van der Waals surface area (Å²) < 4.78 is 0. The summed E-state index contributed by atoms with van der Waals surface area (Å²) >= 11 is 5.92. The molecular weight excluding hydrogens is 234 g/mol. The summed E-state index contributed by atoms with van der Waals surface area (Å²) in [6.07, 6.45) is 0. The van der Waals surface area contributed by atoms with E-state index in [9.17, 15) is 0 Å². The van der Waals surface area contributed by atoms with Crippen LogP contribution in [0.1, 0.15) is 31.0 Å². The van der Waals surface area contributed by atoms with Crippen molar-refractivity contribution in [2.45, 2.75) is 19.9 Å². The number of hydrogen-bond donors (Lipinski definition) is 1. The second-order valence-corrected chi connectivity index (χ2v) is 4.35. The molecule has 0 bridgehead atoms. The van der Waals surface area contributed by atoms with Gasteiger partial charge in [-0.1, -0.05) is 24.6 Å². The second-order valence-electron chi connectivity index (χ2n) is 3.94. The summed E-state index contributed by atoms with van der Waals surface area (Å²) in [5.74, 6) is 0. The molecule has 3 nitrogen and oxygen atoms in total. The molecule has 0 heterocycles. The van der Waals surface area contributed by atoms with Gasteiger partial charge in [-0.3, -0.25) is 4.90 Å². The standard InChI is InChI=1S/C13H18ClN3/c1-3-17(7-6-15)10(2)11-4-5-13(14)12(8-11)9-16/h4-5,8,10H,3,6-7,15H2,1-2H3. The number of nitrogens with two attached hydrogens (primary N) is 1. The maximum atomic E-state index is 8.96. The summed E-state index contributed by atoms with van der Waals surface area (Å²) in [5.41, 5.74) is 7.21. The highest BCUT2D eigenvalue weighted by molar-refractivity contribution is 6.31. The molecule has 0 amide bonds. The van der Waals surface area contributed by atoms with Gasteiger partial charge in [0.15, 0.2) is 0 Å². The number of nitriles is 1. The maximum Gasteiger partial charge on any atom is 0.101 e. The van der Waals surface area contributed by atoms with E-state index in [2.05, 4.69) is 24.8 Å². The van der Waals surface area contributed by atoms with Crippen molar-refractivity contribution in [3.8, 4) is 6.07 Å². The van der Waals surface area contributed by atoms with E-state index in [-0.39, 0.29) is 6.04 Å². The molecule has 17 heavy (non-hydrogen) atoms. The number of nitrogens with zero attached hydrogens (tertiary/aromatic N) is 2. The van der Waals surface area contributed by atoms with Crippen molar-refractivity contribution >= 4 is 11.6 Å². The summed E-state index contributed by atoms with van der Waals surface area (Å²) in [6, 6.07) is 7.95. The average molecular weight is 252 g/mol. The summed E-state index contributed by atoms with van der Waals surface area (Å²) in [6.45, 7) is 6.64. The van der Waals surface area contributed by atoms with Crippen LogP contribution in [-0.2, 0) is 0 Å². The van der Waals surface area contributed by atoms with Crippen LogP contribution in [0.2, 0.25) is 5.02 Å². The van der Waals surface area contributed by atoms with Gasteiger partial charge in [0.1, 0.15) is 6.07 Å². The van der Waals surface area contributed by atoms with Crippen molar-refractivity contribution in [2.75, 3.05) is 19.6 Å². The lowest BCUT2D eigenvalue weighted by Gasteiger charge is -2.27. The molecule has 0 aliphatic rings. The molecule has 4 heteroatoms. The fourth-order valence-electron chi connectivity index (χ4n) is 1.89. The molecule has 0 spiro atoms. The molecule has 1 unspecified atom stereocenters. The predicted octanol–water partition coefficient (Wildman–Crippen LogP) is 2.55. The van der Waals surface area contributed by atoms with Gasteiger partial charge in [0.05, 0.1) is 10.6 Å². The van der Waals surface area contributed by atoms with Crippen LogP contribution < -0.4 is 5.73 Å². The first kappa shape index (κ1) is 14.0. The highest BCUT2D eigenvalue weighted by Crippen LogP contribution is 2.24. The molecule has 1 aromatic carbocycles. The van der Waals surface area contributed by atoms with Crippen molar-refractivity contribution in [3.05, 3.63) is 34.3 Å². The van der Waals surface area contributed by atoms with E-state index < -0.39 is 0 Å². The molecule has 0 saturated heterocycles. The molecule has 0 aliphatic carbocycles. The van der Waals surface area contributed by atoms with Crippen LogP contribution in [0.25, 0.3) is 0 Å². The molecule has 92 valence electrons. The minimum Gasteiger partial charge on any atom is -0.329 e. The van der Waals surface area contributed by atoms with E-state index >= 15 is 0 Å². The summed E-state index contributed by atoms with van der Waals surface area (Å²) in [7, 11) is 0. The van der Waals surface area contributed by atoms with Gasteiger partial charge in [0, 0.05) is 19.1 Å². The highest BCUT2D eigenvalue weighted by Gasteiger charge is 2.14. The van der Waals surface area contributed by atoms with Gasteiger partial charge in [-0.25, -0.2) is 0 Å². The first-order valence-corrected chi connectivity index (χ1v) is 6.15. The van der Waals surface area contributed by atoms with Crippen LogP contribution in [0.5, 0.6) is 0 Å². The zero-order valence-corrected chi connectivity index (χ0v) is 11.0.